The number of hydrogen-bond donors (Lipinski definition) is 1. The summed E-state index contributed by atoms with van der Waals surface area (Å²) < 4.78 is 36.4. The van der Waals surface area contributed by atoms with Crippen molar-refractivity contribution in [1.29, 1.82) is 0 Å². The van der Waals surface area contributed by atoms with Gasteiger partial charge in [-0.3, -0.25) is 0 Å². The summed E-state index contributed by atoms with van der Waals surface area (Å²) in [7, 11) is -3.90. The van der Waals surface area contributed by atoms with Crippen LogP contribution in [0.4, 0.5) is 5.95 Å². The van der Waals surface area contributed by atoms with Crippen molar-refractivity contribution in [3.05, 3.63) is 65.2 Å². The van der Waals surface area contributed by atoms with Gasteiger partial charge in [-0.2, -0.15) is 4.98 Å². The first kappa shape index (κ1) is 27.6. The van der Waals surface area contributed by atoms with Crippen LogP contribution in [0.25, 0.3) is 11.3 Å². The predicted octanol–water partition coefficient (Wildman–Crippen LogP) is 7.67. The minimum absolute atomic E-state index is 0.0207. The van der Waals surface area contributed by atoms with Gasteiger partial charge < -0.3 is 4.74 Å². The van der Waals surface area contributed by atoms with Gasteiger partial charge in [0.2, 0.25) is 11.8 Å². The van der Waals surface area contributed by atoms with Gasteiger partial charge in [0.25, 0.3) is 10.0 Å². The van der Waals surface area contributed by atoms with E-state index in [1.165, 1.54) is 19.3 Å². The van der Waals surface area contributed by atoms with Crippen molar-refractivity contribution >= 4 is 16.0 Å². The van der Waals surface area contributed by atoms with Crippen molar-refractivity contribution in [2.24, 2.45) is 17.3 Å². The summed E-state index contributed by atoms with van der Waals surface area (Å²) in [6.07, 6.45) is 7.00. The van der Waals surface area contributed by atoms with Crippen LogP contribution in [0.3, 0.4) is 0 Å². The molecule has 7 heteroatoms. The molecule has 6 nitrogen and oxygen atoms in total. The molecule has 39 heavy (non-hydrogen) atoms. The van der Waals surface area contributed by atoms with Crippen molar-refractivity contribution in [3.63, 3.8) is 0 Å². The molecule has 0 radical (unpaired) electrons. The summed E-state index contributed by atoms with van der Waals surface area (Å²) in [6, 6.07) is 15.4. The van der Waals surface area contributed by atoms with Gasteiger partial charge in [0.15, 0.2) is 0 Å². The molecule has 1 N–H and O–H groups in total. The van der Waals surface area contributed by atoms with Crippen molar-refractivity contribution < 1.29 is 13.2 Å². The highest BCUT2D eigenvalue weighted by Gasteiger charge is 2.36. The lowest BCUT2D eigenvalue weighted by Crippen LogP contribution is -2.31. The summed E-state index contributed by atoms with van der Waals surface area (Å²) >= 11 is 0. The average molecular weight is 548 g/mol. The van der Waals surface area contributed by atoms with Crippen LogP contribution in [0.2, 0.25) is 0 Å². The monoisotopic (exact) mass is 547 g/mol. The third-order valence-corrected chi connectivity index (χ3v) is 9.53. The Morgan fingerprint density at radius 3 is 2.33 bits per heavy atom. The fraction of sp³-hybridized carbons (Fsp3) is 0.500. The van der Waals surface area contributed by atoms with E-state index in [0.717, 1.165) is 41.5 Å². The molecule has 0 saturated heterocycles. The largest absolute Gasteiger partial charge is 0.477 e. The standard InChI is InChI=1S/C32H41N3O3S/c1-21-11-9-12-22(2)29(21)27-18-28-34-31(33-27)35-39(36,37)26-16-10-15-24(17-26)30(23-13-7-6-8-14-23)25(20-38-28)19-32(3,4)5/h9-12,15-18,23,25,30H,6-8,13-14,19-20H2,1-5H3,(H,33,34,35)/t25-,30?/m1/s1. The highest BCUT2D eigenvalue weighted by molar-refractivity contribution is 7.92. The zero-order valence-electron chi connectivity index (χ0n) is 23.8. The number of anilines is 1. The molecule has 5 rings (SSSR count). The Hall–Kier alpha value is -2.93. The Balaban J connectivity index is 1.67. The Morgan fingerprint density at radius 2 is 1.64 bits per heavy atom. The van der Waals surface area contributed by atoms with Gasteiger partial charge >= 0.3 is 0 Å². The molecule has 2 atom stereocenters. The molecule has 2 heterocycles. The zero-order valence-corrected chi connectivity index (χ0v) is 24.6. The average Bonchev–Trinajstić information content (AvgIpc) is 2.86. The number of nitrogens with zero attached hydrogens (tertiary/aromatic N) is 2. The second-order valence-corrected chi connectivity index (χ2v) is 14.3. The third-order valence-electron chi connectivity index (χ3n) is 8.20. The Bertz CT molecular complexity index is 1420. The van der Waals surface area contributed by atoms with Gasteiger partial charge in [0.05, 0.1) is 17.2 Å². The number of benzene rings is 2. The van der Waals surface area contributed by atoms with Crippen LogP contribution in [-0.2, 0) is 10.0 Å². The second-order valence-electron chi connectivity index (χ2n) is 12.6. The number of rotatable bonds is 3. The molecular formula is C32H41N3O3S. The van der Waals surface area contributed by atoms with Crippen molar-refractivity contribution in [2.45, 2.75) is 84.0 Å². The second kappa shape index (κ2) is 10.9. The number of fused-ring (bicyclic) bond motifs is 4. The lowest BCUT2D eigenvalue weighted by molar-refractivity contribution is 0.129. The Morgan fingerprint density at radius 1 is 0.949 bits per heavy atom. The molecule has 1 aliphatic carbocycles. The van der Waals surface area contributed by atoms with Crippen LogP contribution in [0.1, 0.15) is 81.9 Å². The summed E-state index contributed by atoms with van der Waals surface area (Å²) in [5, 5.41) is 0. The van der Waals surface area contributed by atoms with E-state index in [1.807, 2.05) is 50.2 Å². The fourth-order valence-electron chi connectivity index (χ4n) is 6.65. The number of hydrogen-bond acceptors (Lipinski definition) is 5. The maximum absolute atomic E-state index is 13.6. The molecule has 0 amide bonds. The first-order valence-electron chi connectivity index (χ1n) is 14.2. The molecule has 1 fully saturated rings. The van der Waals surface area contributed by atoms with E-state index in [0.29, 0.717) is 24.1 Å². The molecule has 1 aromatic heterocycles. The fourth-order valence-corrected chi connectivity index (χ4v) is 7.65. The maximum atomic E-state index is 13.6. The van der Waals surface area contributed by atoms with E-state index in [4.69, 9.17) is 4.74 Å². The molecular weight excluding hydrogens is 506 g/mol. The summed E-state index contributed by atoms with van der Waals surface area (Å²) in [4.78, 5) is 9.43. The zero-order chi connectivity index (χ0) is 27.8. The number of ether oxygens (including phenoxy) is 1. The van der Waals surface area contributed by atoms with Gasteiger partial charge in [0.1, 0.15) is 0 Å². The minimum atomic E-state index is -3.90. The topological polar surface area (TPSA) is 81.2 Å². The van der Waals surface area contributed by atoms with Crippen LogP contribution < -0.4 is 9.46 Å². The Labute approximate surface area is 233 Å². The van der Waals surface area contributed by atoms with Crippen LogP contribution in [0, 0.1) is 31.1 Å². The smallest absolute Gasteiger partial charge is 0.264 e. The van der Waals surface area contributed by atoms with Crippen LogP contribution >= 0.6 is 0 Å². The van der Waals surface area contributed by atoms with Gasteiger partial charge in [-0.15, -0.1) is 0 Å². The van der Waals surface area contributed by atoms with Gasteiger partial charge in [-0.1, -0.05) is 70.4 Å². The van der Waals surface area contributed by atoms with E-state index in [2.05, 4.69) is 41.5 Å². The predicted molar refractivity (Wildman–Crippen MR) is 157 cm³/mol. The third kappa shape index (κ3) is 6.29. The van der Waals surface area contributed by atoms with E-state index < -0.39 is 10.0 Å². The molecule has 0 spiro atoms. The quantitative estimate of drug-likeness (QED) is 0.364. The number of aryl methyl sites for hydroxylation is 2. The molecule has 208 valence electrons. The first-order chi connectivity index (χ1) is 18.5. The Kier molecular flexibility index (Phi) is 7.73. The van der Waals surface area contributed by atoms with Crippen molar-refractivity contribution in [1.82, 2.24) is 9.97 Å². The molecule has 4 bridgehead atoms. The summed E-state index contributed by atoms with van der Waals surface area (Å²) in [6.45, 7) is 11.4. The van der Waals surface area contributed by atoms with E-state index in [-0.39, 0.29) is 28.1 Å². The van der Waals surface area contributed by atoms with Crippen LogP contribution in [-0.4, -0.2) is 25.0 Å². The molecule has 1 unspecified atom stereocenters. The first-order valence-corrected chi connectivity index (χ1v) is 15.7. The lowest BCUT2D eigenvalue weighted by Gasteiger charge is -2.39. The van der Waals surface area contributed by atoms with E-state index in [1.54, 1.807) is 6.07 Å². The SMILES string of the molecule is Cc1cccc(C)c1-c1cc2nc(n1)NS(=O)(=O)c1cccc(c1)C(C1CCCCC1)[C@H](CC(C)(C)C)CO2. The van der Waals surface area contributed by atoms with Crippen LogP contribution in [0.15, 0.2) is 53.4 Å². The number of sulfonamides is 1. The highest BCUT2D eigenvalue weighted by Crippen LogP contribution is 2.45. The molecule has 1 saturated carbocycles. The number of nitrogens with one attached hydrogen (secondary N) is 1. The van der Waals surface area contributed by atoms with Gasteiger partial charge in [0, 0.05) is 17.5 Å². The molecule has 1 aliphatic heterocycles. The van der Waals surface area contributed by atoms with E-state index in [9.17, 15) is 8.42 Å². The summed E-state index contributed by atoms with van der Waals surface area (Å²) in [5.74, 6) is 1.33. The van der Waals surface area contributed by atoms with Crippen molar-refractivity contribution in [3.8, 4) is 17.1 Å². The molecule has 2 aliphatic rings. The molecule has 3 aromatic rings. The maximum Gasteiger partial charge on any atom is 0.264 e. The number of aromatic nitrogens is 2. The highest BCUT2D eigenvalue weighted by atomic mass is 32.2. The van der Waals surface area contributed by atoms with Gasteiger partial charge in [-0.25, -0.2) is 18.1 Å². The van der Waals surface area contributed by atoms with Gasteiger partial charge in [-0.05, 0) is 79.2 Å². The van der Waals surface area contributed by atoms with Crippen molar-refractivity contribution in [2.75, 3.05) is 11.3 Å². The lowest BCUT2D eigenvalue weighted by atomic mass is 9.67. The van der Waals surface area contributed by atoms with E-state index >= 15 is 0 Å². The normalized spacial score (nSPS) is 21.7. The van der Waals surface area contributed by atoms with Crippen LogP contribution in [0.5, 0.6) is 5.88 Å². The molecule has 2 aromatic carbocycles. The summed E-state index contributed by atoms with van der Waals surface area (Å²) in [5.41, 5.74) is 4.91. The minimum Gasteiger partial charge on any atom is -0.477 e.